The molecule has 2 aliphatic heterocycles. The summed E-state index contributed by atoms with van der Waals surface area (Å²) in [7, 11) is 0. The second-order valence-electron chi connectivity index (χ2n) is 5.14. The maximum absolute atomic E-state index is 4.53. The first-order valence-electron chi connectivity index (χ1n) is 6.58. The van der Waals surface area contributed by atoms with Crippen molar-refractivity contribution in [3.8, 4) is 11.5 Å². The fourth-order valence-electron chi connectivity index (χ4n) is 2.99. The van der Waals surface area contributed by atoms with E-state index >= 15 is 0 Å². The molecule has 2 aliphatic rings. The lowest BCUT2D eigenvalue weighted by Crippen LogP contribution is -2.40. The van der Waals surface area contributed by atoms with Gasteiger partial charge in [-0.15, -0.1) is 10.2 Å². The van der Waals surface area contributed by atoms with Crippen molar-refractivity contribution in [2.24, 2.45) is 5.92 Å². The molecule has 19 heavy (non-hydrogen) atoms. The molecular formula is C11H15N7S. The van der Waals surface area contributed by atoms with Gasteiger partial charge in [-0.25, -0.2) is 0 Å². The van der Waals surface area contributed by atoms with Crippen molar-refractivity contribution in [3.05, 3.63) is 5.38 Å². The minimum atomic E-state index is 0.594. The Morgan fingerprint density at radius 3 is 3.21 bits per heavy atom. The maximum atomic E-state index is 4.53. The SMILES string of the molecule is c1snnc1-c1nc(N2CC3CCCNC3C2)n[nH]1. The standard InChI is InChI=1S/C11H15N7S/c1-2-7-4-18(5-8(7)12-3-1)11-13-10(15-16-11)9-6-19-17-14-9/h6-8,12H,1-5H2,(H,13,15,16). The van der Waals surface area contributed by atoms with Crippen LogP contribution in [0, 0.1) is 5.92 Å². The van der Waals surface area contributed by atoms with E-state index in [1.54, 1.807) is 0 Å². The predicted molar refractivity (Wildman–Crippen MR) is 72.0 cm³/mol. The van der Waals surface area contributed by atoms with E-state index < -0.39 is 0 Å². The summed E-state index contributed by atoms with van der Waals surface area (Å²) in [5.74, 6) is 2.21. The van der Waals surface area contributed by atoms with E-state index in [9.17, 15) is 0 Å². The van der Waals surface area contributed by atoms with Crippen molar-refractivity contribution in [2.45, 2.75) is 18.9 Å². The monoisotopic (exact) mass is 277 g/mol. The highest BCUT2D eigenvalue weighted by atomic mass is 32.1. The Bertz CT molecular complexity index is 537. The number of H-pyrrole nitrogens is 1. The molecule has 2 N–H and O–H groups in total. The summed E-state index contributed by atoms with van der Waals surface area (Å²) in [6, 6.07) is 0.594. The lowest BCUT2D eigenvalue weighted by molar-refractivity contribution is 0.340. The molecule has 0 amide bonds. The fraction of sp³-hybridized carbons (Fsp3) is 0.636. The first-order valence-corrected chi connectivity index (χ1v) is 7.42. The van der Waals surface area contributed by atoms with E-state index in [4.69, 9.17) is 0 Å². The quantitative estimate of drug-likeness (QED) is 0.832. The third-order valence-corrected chi connectivity index (χ3v) is 4.46. The summed E-state index contributed by atoms with van der Waals surface area (Å²) in [5, 5.41) is 16.7. The molecule has 100 valence electrons. The van der Waals surface area contributed by atoms with E-state index in [0.29, 0.717) is 11.9 Å². The zero-order chi connectivity index (χ0) is 12.7. The van der Waals surface area contributed by atoms with Crippen LogP contribution in [0.4, 0.5) is 5.95 Å². The van der Waals surface area contributed by atoms with Gasteiger partial charge in [0.15, 0.2) is 5.82 Å². The number of hydrogen-bond donors (Lipinski definition) is 2. The summed E-state index contributed by atoms with van der Waals surface area (Å²) in [6.07, 6.45) is 2.58. The number of nitrogens with one attached hydrogen (secondary N) is 2. The van der Waals surface area contributed by atoms with Gasteiger partial charge in [0.05, 0.1) is 0 Å². The zero-order valence-electron chi connectivity index (χ0n) is 10.4. The van der Waals surface area contributed by atoms with Gasteiger partial charge in [0.25, 0.3) is 0 Å². The van der Waals surface area contributed by atoms with Gasteiger partial charge in [-0.05, 0) is 36.8 Å². The molecular weight excluding hydrogens is 262 g/mol. The number of fused-ring (bicyclic) bond motifs is 1. The van der Waals surface area contributed by atoms with Crippen LogP contribution in [-0.2, 0) is 0 Å². The predicted octanol–water partition coefficient (Wildman–Crippen LogP) is 0.511. The van der Waals surface area contributed by atoms with Crippen molar-refractivity contribution in [2.75, 3.05) is 24.5 Å². The topological polar surface area (TPSA) is 82.6 Å². The first-order chi connectivity index (χ1) is 9.40. The molecule has 2 aromatic heterocycles. The molecule has 0 spiro atoms. The Balaban J connectivity index is 1.54. The van der Waals surface area contributed by atoms with Gasteiger partial charge < -0.3 is 10.2 Å². The Hall–Kier alpha value is -1.54. The smallest absolute Gasteiger partial charge is 0.245 e. The number of aromatic nitrogens is 5. The van der Waals surface area contributed by atoms with Crippen LogP contribution in [0.1, 0.15) is 12.8 Å². The van der Waals surface area contributed by atoms with Crippen molar-refractivity contribution in [3.63, 3.8) is 0 Å². The molecule has 4 heterocycles. The molecule has 7 nitrogen and oxygen atoms in total. The molecule has 0 saturated carbocycles. The van der Waals surface area contributed by atoms with E-state index in [1.807, 2.05) is 5.38 Å². The van der Waals surface area contributed by atoms with Crippen molar-refractivity contribution in [1.82, 2.24) is 30.1 Å². The molecule has 0 aliphatic carbocycles. The van der Waals surface area contributed by atoms with Crippen LogP contribution >= 0.6 is 11.5 Å². The molecule has 0 bridgehead atoms. The normalized spacial score (nSPS) is 26.6. The molecule has 0 radical (unpaired) electrons. The highest BCUT2D eigenvalue weighted by Crippen LogP contribution is 2.27. The highest BCUT2D eigenvalue weighted by Gasteiger charge is 2.35. The Labute approximate surface area is 114 Å². The molecule has 8 heteroatoms. The molecule has 2 fully saturated rings. The van der Waals surface area contributed by atoms with Crippen molar-refractivity contribution < 1.29 is 0 Å². The largest absolute Gasteiger partial charge is 0.338 e. The highest BCUT2D eigenvalue weighted by molar-refractivity contribution is 7.03. The molecule has 4 rings (SSSR count). The lowest BCUT2D eigenvalue weighted by Gasteiger charge is -2.24. The minimum Gasteiger partial charge on any atom is -0.338 e. The van der Waals surface area contributed by atoms with Crippen LogP contribution < -0.4 is 10.2 Å². The van der Waals surface area contributed by atoms with Crippen molar-refractivity contribution >= 4 is 17.5 Å². The van der Waals surface area contributed by atoms with Crippen molar-refractivity contribution in [1.29, 1.82) is 0 Å². The Morgan fingerprint density at radius 1 is 1.37 bits per heavy atom. The molecule has 0 aromatic carbocycles. The average Bonchev–Trinajstić information content (AvgIpc) is 3.17. The summed E-state index contributed by atoms with van der Waals surface area (Å²) in [4.78, 5) is 6.79. The van der Waals surface area contributed by atoms with Crippen LogP contribution in [0.25, 0.3) is 11.5 Å². The maximum Gasteiger partial charge on any atom is 0.245 e. The van der Waals surface area contributed by atoms with Gasteiger partial charge in [-0.2, -0.15) is 4.98 Å². The third kappa shape index (κ3) is 2.00. The van der Waals surface area contributed by atoms with E-state index in [0.717, 1.165) is 37.2 Å². The number of hydrogen-bond acceptors (Lipinski definition) is 7. The molecule has 2 atom stereocenters. The van der Waals surface area contributed by atoms with Gasteiger partial charge >= 0.3 is 0 Å². The van der Waals surface area contributed by atoms with Gasteiger partial charge in [0.1, 0.15) is 5.69 Å². The number of piperidine rings is 1. The number of rotatable bonds is 2. The molecule has 2 aromatic rings. The summed E-state index contributed by atoms with van der Waals surface area (Å²) < 4.78 is 3.84. The fourth-order valence-corrected chi connectivity index (χ4v) is 3.43. The number of nitrogens with zero attached hydrogens (tertiary/aromatic N) is 5. The van der Waals surface area contributed by atoms with Gasteiger partial charge in [0.2, 0.25) is 5.95 Å². The van der Waals surface area contributed by atoms with E-state index in [-0.39, 0.29) is 0 Å². The molecule has 2 unspecified atom stereocenters. The summed E-state index contributed by atoms with van der Waals surface area (Å²) in [5.41, 5.74) is 0.762. The number of anilines is 1. The van der Waals surface area contributed by atoms with Crippen LogP contribution in [0.3, 0.4) is 0 Å². The second kappa shape index (κ2) is 4.53. The van der Waals surface area contributed by atoms with Crippen LogP contribution in [0.2, 0.25) is 0 Å². The second-order valence-corrected chi connectivity index (χ2v) is 5.75. The van der Waals surface area contributed by atoms with Gasteiger partial charge in [-0.1, -0.05) is 4.49 Å². The van der Waals surface area contributed by atoms with Crippen LogP contribution in [0.5, 0.6) is 0 Å². The van der Waals surface area contributed by atoms with Gasteiger partial charge in [0, 0.05) is 24.5 Å². The van der Waals surface area contributed by atoms with Gasteiger partial charge in [-0.3, -0.25) is 5.10 Å². The van der Waals surface area contributed by atoms with Crippen LogP contribution in [-0.4, -0.2) is 50.4 Å². The number of aromatic amines is 1. The Morgan fingerprint density at radius 2 is 2.37 bits per heavy atom. The van der Waals surface area contributed by atoms with E-state index in [1.165, 1.54) is 24.4 Å². The Kier molecular flexibility index (Phi) is 2.70. The van der Waals surface area contributed by atoms with E-state index in [2.05, 4.69) is 35.0 Å². The lowest BCUT2D eigenvalue weighted by atomic mass is 9.94. The third-order valence-electron chi connectivity index (χ3n) is 3.96. The van der Waals surface area contributed by atoms with Crippen LogP contribution in [0.15, 0.2) is 5.38 Å². The minimum absolute atomic E-state index is 0.594. The molecule has 2 saturated heterocycles. The summed E-state index contributed by atoms with van der Waals surface area (Å²) >= 11 is 1.32. The average molecular weight is 277 g/mol. The summed E-state index contributed by atoms with van der Waals surface area (Å²) in [6.45, 7) is 3.18. The first kappa shape index (κ1) is 11.3. The zero-order valence-corrected chi connectivity index (χ0v) is 11.2.